The topological polar surface area (TPSA) is 67.4 Å². The number of hydrogen-bond donors (Lipinski definition) is 1. The van der Waals surface area contributed by atoms with Crippen molar-refractivity contribution in [2.75, 3.05) is 39.5 Å². The number of aryl methyl sites for hydroxylation is 2. The van der Waals surface area contributed by atoms with Crippen LogP contribution in [0.5, 0.6) is 0 Å². The number of carbonyl (C=O) groups excluding carboxylic acids is 1. The molecule has 2 N–H and O–H groups in total. The van der Waals surface area contributed by atoms with Crippen LogP contribution in [0.25, 0.3) is 0 Å². The molecule has 0 unspecified atom stereocenters. The molecule has 0 aromatic carbocycles. The lowest BCUT2D eigenvalue weighted by molar-refractivity contribution is 0.0668. The first kappa shape index (κ1) is 15.8. The van der Waals surface area contributed by atoms with Gasteiger partial charge in [-0.2, -0.15) is 5.10 Å². The Morgan fingerprint density at radius 2 is 2.00 bits per heavy atom. The molecule has 0 bridgehead atoms. The summed E-state index contributed by atoms with van der Waals surface area (Å²) in [6.07, 6.45) is 2.86. The normalized spacial score (nSPS) is 16.7. The van der Waals surface area contributed by atoms with E-state index in [0.717, 1.165) is 44.6 Å². The second-order valence-electron chi connectivity index (χ2n) is 6.18. The molecule has 0 spiro atoms. The number of carbonyl (C=O) groups is 1. The third kappa shape index (κ3) is 3.37. The van der Waals surface area contributed by atoms with Gasteiger partial charge >= 0.3 is 0 Å². The Bertz CT molecular complexity index is 500. The van der Waals surface area contributed by atoms with Crippen LogP contribution in [0.15, 0.2) is 0 Å². The first-order valence-electron chi connectivity index (χ1n) is 7.69. The van der Waals surface area contributed by atoms with Crippen LogP contribution in [-0.4, -0.2) is 59.2 Å². The molecule has 1 aromatic rings. The van der Waals surface area contributed by atoms with Crippen molar-refractivity contribution in [3.05, 3.63) is 11.4 Å². The number of amides is 1. The Morgan fingerprint density at radius 3 is 2.48 bits per heavy atom. The second-order valence-corrected chi connectivity index (χ2v) is 6.18. The molecule has 1 saturated heterocycles. The number of rotatable bonds is 4. The summed E-state index contributed by atoms with van der Waals surface area (Å²) in [6.45, 7) is 4.71. The van der Waals surface area contributed by atoms with E-state index in [1.807, 2.05) is 11.8 Å². The molecule has 0 saturated carbocycles. The zero-order valence-corrected chi connectivity index (χ0v) is 13.6. The van der Waals surface area contributed by atoms with E-state index in [-0.39, 0.29) is 5.91 Å². The predicted molar refractivity (Wildman–Crippen MR) is 84.2 cm³/mol. The van der Waals surface area contributed by atoms with E-state index in [1.165, 1.54) is 0 Å². The van der Waals surface area contributed by atoms with Gasteiger partial charge in [0.2, 0.25) is 0 Å². The minimum atomic E-state index is 0.0190. The first-order valence-corrected chi connectivity index (χ1v) is 7.69. The number of likely N-dealkylation sites (tertiary alicyclic amines) is 1. The second kappa shape index (κ2) is 6.47. The number of piperidine rings is 1. The van der Waals surface area contributed by atoms with Gasteiger partial charge in [-0.05, 0) is 39.3 Å². The molecular formula is C15H27N5O. The molecule has 2 heterocycles. The lowest BCUT2D eigenvalue weighted by Crippen LogP contribution is -2.41. The Kier molecular flexibility index (Phi) is 4.88. The van der Waals surface area contributed by atoms with E-state index < -0.39 is 0 Å². The molecule has 1 aromatic heterocycles. The third-order valence-electron chi connectivity index (χ3n) is 4.22. The molecule has 6 heteroatoms. The number of nitrogens with two attached hydrogens (primary N) is 1. The quantitative estimate of drug-likeness (QED) is 0.898. The Labute approximate surface area is 126 Å². The lowest BCUT2D eigenvalue weighted by Gasteiger charge is -2.33. The average molecular weight is 293 g/mol. The largest absolute Gasteiger partial charge is 0.395 e. The highest BCUT2D eigenvalue weighted by molar-refractivity contribution is 5.98. The molecule has 1 aliphatic heterocycles. The van der Waals surface area contributed by atoms with Crippen molar-refractivity contribution in [1.29, 1.82) is 0 Å². The van der Waals surface area contributed by atoms with E-state index in [0.29, 0.717) is 17.3 Å². The van der Waals surface area contributed by atoms with Gasteiger partial charge in [-0.1, -0.05) is 6.92 Å². The number of hydrogen-bond acceptors (Lipinski definition) is 4. The van der Waals surface area contributed by atoms with Crippen LogP contribution >= 0.6 is 0 Å². The predicted octanol–water partition coefficient (Wildman–Crippen LogP) is 0.979. The maximum atomic E-state index is 12.7. The van der Waals surface area contributed by atoms with Gasteiger partial charge in [-0.15, -0.1) is 0 Å². The molecule has 0 atom stereocenters. The summed E-state index contributed by atoms with van der Waals surface area (Å²) < 4.78 is 1.63. The fourth-order valence-corrected chi connectivity index (χ4v) is 3.10. The molecule has 1 fully saturated rings. The van der Waals surface area contributed by atoms with Gasteiger partial charge in [-0.25, -0.2) is 0 Å². The van der Waals surface area contributed by atoms with Crippen molar-refractivity contribution in [3.8, 4) is 0 Å². The summed E-state index contributed by atoms with van der Waals surface area (Å²) in [5.41, 5.74) is 7.97. The van der Waals surface area contributed by atoms with Gasteiger partial charge in [-0.3, -0.25) is 9.48 Å². The third-order valence-corrected chi connectivity index (χ3v) is 4.22. The van der Waals surface area contributed by atoms with E-state index in [9.17, 15) is 4.79 Å². The van der Waals surface area contributed by atoms with Crippen LogP contribution in [0.4, 0.5) is 5.69 Å². The van der Waals surface area contributed by atoms with Crippen LogP contribution in [0.3, 0.4) is 0 Å². The molecule has 21 heavy (non-hydrogen) atoms. The fourth-order valence-electron chi connectivity index (χ4n) is 3.10. The maximum Gasteiger partial charge on any atom is 0.274 e. The van der Waals surface area contributed by atoms with Gasteiger partial charge in [0.25, 0.3) is 5.91 Å². The summed E-state index contributed by atoms with van der Waals surface area (Å²) in [5, 5.41) is 4.34. The van der Waals surface area contributed by atoms with Gasteiger partial charge in [0.1, 0.15) is 5.69 Å². The maximum absolute atomic E-state index is 12.7. The summed E-state index contributed by atoms with van der Waals surface area (Å²) >= 11 is 0. The number of aromatic nitrogens is 2. The van der Waals surface area contributed by atoms with Crippen LogP contribution in [0, 0.1) is 5.92 Å². The standard InChI is InChI=1S/C15H27N5O/c1-5-12-13(16)14(19(4)17-12)15(21)20-8-6-11(7-9-20)10-18(2)3/h11H,5-10,16H2,1-4H3. The van der Waals surface area contributed by atoms with Gasteiger partial charge in [0.05, 0.1) is 11.4 Å². The van der Waals surface area contributed by atoms with Crippen molar-refractivity contribution >= 4 is 11.6 Å². The van der Waals surface area contributed by atoms with Gasteiger partial charge < -0.3 is 15.5 Å². The van der Waals surface area contributed by atoms with Crippen molar-refractivity contribution in [2.24, 2.45) is 13.0 Å². The van der Waals surface area contributed by atoms with Crippen molar-refractivity contribution in [2.45, 2.75) is 26.2 Å². The van der Waals surface area contributed by atoms with E-state index in [4.69, 9.17) is 5.73 Å². The number of nitrogen functional groups attached to an aromatic ring is 1. The Balaban J connectivity index is 2.04. The average Bonchev–Trinajstić information content (AvgIpc) is 2.73. The number of anilines is 1. The zero-order chi connectivity index (χ0) is 15.6. The molecule has 6 nitrogen and oxygen atoms in total. The molecule has 0 radical (unpaired) electrons. The highest BCUT2D eigenvalue weighted by atomic mass is 16.2. The van der Waals surface area contributed by atoms with Crippen molar-refractivity contribution < 1.29 is 4.79 Å². The zero-order valence-electron chi connectivity index (χ0n) is 13.6. The molecule has 1 aliphatic rings. The summed E-state index contributed by atoms with van der Waals surface area (Å²) in [5.74, 6) is 0.699. The number of nitrogens with zero attached hydrogens (tertiary/aromatic N) is 4. The molecular weight excluding hydrogens is 266 g/mol. The highest BCUT2D eigenvalue weighted by Gasteiger charge is 2.28. The fraction of sp³-hybridized carbons (Fsp3) is 0.733. The highest BCUT2D eigenvalue weighted by Crippen LogP contribution is 2.23. The van der Waals surface area contributed by atoms with Crippen LogP contribution in [0.2, 0.25) is 0 Å². The van der Waals surface area contributed by atoms with Crippen LogP contribution < -0.4 is 5.73 Å². The van der Waals surface area contributed by atoms with Crippen molar-refractivity contribution in [1.82, 2.24) is 19.6 Å². The minimum Gasteiger partial charge on any atom is -0.395 e. The summed E-state index contributed by atoms with van der Waals surface area (Å²) in [6, 6.07) is 0. The van der Waals surface area contributed by atoms with Crippen molar-refractivity contribution in [3.63, 3.8) is 0 Å². The SMILES string of the molecule is CCc1nn(C)c(C(=O)N2CCC(CN(C)C)CC2)c1N. The van der Waals surface area contributed by atoms with Gasteiger partial charge in [0, 0.05) is 26.7 Å². The van der Waals surface area contributed by atoms with E-state index in [1.54, 1.807) is 11.7 Å². The minimum absolute atomic E-state index is 0.0190. The smallest absolute Gasteiger partial charge is 0.274 e. The summed E-state index contributed by atoms with van der Waals surface area (Å²) in [7, 11) is 5.99. The monoisotopic (exact) mass is 293 g/mol. The van der Waals surface area contributed by atoms with E-state index in [2.05, 4.69) is 24.1 Å². The first-order chi connectivity index (χ1) is 9.93. The lowest BCUT2D eigenvalue weighted by atomic mass is 9.96. The van der Waals surface area contributed by atoms with Gasteiger partial charge in [0.15, 0.2) is 0 Å². The molecule has 118 valence electrons. The summed E-state index contributed by atoms with van der Waals surface area (Å²) in [4.78, 5) is 16.8. The molecule has 1 amide bonds. The Hall–Kier alpha value is -1.56. The van der Waals surface area contributed by atoms with Crippen LogP contribution in [0.1, 0.15) is 35.9 Å². The van der Waals surface area contributed by atoms with E-state index >= 15 is 0 Å². The Morgan fingerprint density at radius 1 is 1.38 bits per heavy atom. The molecule has 2 rings (SSSR count). The molecule has 0 aliphatic carbocycles. The van der Waals surface area contributed by atoms with Crippen LogP contribution in [-0.2, 0) is 13.5 Å².